The van der Waals surface area contributed by atoms with Crippen LogP contribution in [0.4, 0.5) is 5.95 Å². The molecule has 168 valence electrons. The fourth-order valence-electron chi connectivity index (χ4n) is 4.73. The number of aromatic nitrogens is 2. The maximum absolute atomic E-state index is 13.1. The number of carboxylic acids is 1. The molecular formula is C26H25N4O3-. The van der Waals surface area contributed by atoms with Crippen LogP contribution in [0.15, 0.2) is 66.7 Å². The summed E-state index contributed by atoms with van der Waals surface area (Å²) in [7, 11) is 0. The maximum atomic E-state index is 13.1. The molecule has 1 aliphatic carbocycles. The largest absolute Gasteiger partial charge is 0.550 e. The number of piperazine rings is 1. The number of aliphatic carboxylic acids is 1. The molecule has 0 N–H and O–H groups in total. The smallest absolute Gasteiger partial charge is 0.226 e. The van der Waals surface area contributed by atoms with Crippen LogP contribution in [0.25, 0.3) is 22.2 Å². The number of rotatable bonds is 4. The van der Waals surface area contributed by atoms with Crippen molar-refractivity contribution >= 4 is 28.7 Å². The molecule has 3 aromatic rings. The number of hydrogen-bond acceptors (Lipinski definition) is 6. The number of amides is 1. The number of carbonyl (C=O) groups excluding carboxylic acids is 2. The van der Waals surface area contributed by atoms with Gasteiger partial charge in [-0.1, -0.05) is 60.7 Å². The van der Waals surface area contributed by atoms with Gasteiger partial charge in [-0.2, -0.15) is 0 Å². The molecule has 1 aliphatic heterocycles. The molecule has 2 atom stereocenters. The Kier molecular flexibility index (Phi) is 5.77. The zero-order valence-corrected chi connectivity index (χ0v) is 18.3. The Labute approximate surface area is 192 Å². The van der Waals surface area contributed by atoms with E-state index in [9.17, 15) is 14.7 Å². The van der Waals surface area contributed by atoms with Crippen LogP contribution in [0.2, 0.25) is 0 Å². The summed E-state index contributed by atoms with van der Waals surface area (Å²) < 4.78 is 0. The van der Waals surface area contributed by atoms with E-state index in [0.29, 0.717) is 45.0 Å². The fraction of sp³-hybridized carbons (Fsp3) is 0.308. The first-order valence-electron chi connectivity index (χ1n) is 11.3. The van der Waals surface area contributed by atoms with Crippen molar-refractivity contribution in [3.05, 3.63) is 66.7 Å². The van der Waals surface area contributed by atoms with Crippen LogP contribution in [-0.4, -0.2) is 52.9 Å². The monoisotopic (exact) mass is 441 g/mol. The van der Waals surface area contributed by atoms with Crippen molar-refractivity contribution in [3.63, 3.8) is 0 Å². The van der Waals surface area contributed by atoms with Crippen molar-refractivity contribution < 1.29 is 14.7 Å². The van der Waals surface area contributed by atoms with E-state index in [-0.39, 0.29) is 5.91 Å². The van der Waals surface area contributed by atoms with E-state index < -0.39 is 17.8 Å². The quantitative estimate of drug-likeness (QED) is 0.577. The summed E-state index contributed by atoms with van der Waals surface area (Å²) >= 11 is 0. The summed E-state index contributed by atoms with van der Waals surface area (Å²) in [6.07, 6.45) is 4.52. The van der Waals surface area contributed by atoms with Gasteiger partial charge in [0.15, 0.2) is 0 Å². The van der Waals surface area contributed by atoms with Gasteiger partial charge in [0.05, 0.1) is 11.2 Å². The van der Waals surface area contributed by atoms with Gasteiger partial charge in [0.2, 0.25) is 11.9 Å². The van der Waals surface area contributed by atoms with E-state index in [4.69, 9.17) is 9.97 Å². The molecule has 0 spiro atoms. The maximum Gasteiger partial charge on any atom is 0.226 e. The van der Waals surface area contributed by atoms with E-state index in [1.807, 2.05) is 66.7 Å². The van der Waals surface area contributed by atoms with Crippen molar-refractivity contribution in [2.45, 2.75) is 12.8 Å². The van der Waals surface area contributed by atoms with Crippen LogP contribution < -0.4 is 10.0 Å². The Morgan fingerprint density at radius 3 is 2.21 bits per heavy atom. The third kappa shape index (κ3) is 4.18. The zero-order chi connectivity index (χ0) is 22.8. The molecule has 0 saturated carbocycles. The Balaban J connectivity index is 1.36. The second kappa shape index (κ2) is 9.02. The highest BCUT2D eigenvalue weighted by molar-refractivity contribution is 5.93. The molecule has 33 heavy (non-hydrogen) atoms. The lowest BCUT2D eigenvalue weighted by Gasteiger charge is -2.38. The number of fused-ring (bicyclic) bond motifs is 1. The van der Waals surface area contributed by atoms with E-state index in [1.54, 1.807) is 4.90 Å². The number of hydrogen-bond donors (Lipinski definition) is 0. The Bertz CT molecular complexity index is 1200. The summed E-state index contributed by atoms with van der Waals surface area (Å²) in [5.74, 6) is -1.90. The molecule has 2 aromatic carbocycles. The van der Waals surface area contributed by atoms with Crippen LogP contribution in [0.1, 0.15) is 12.8 Å². The van der Waals surface area contributed by atoms with Crippen LogP contribution in [0, 0.1) is 11.8 Å². The van der Waals surface area contributed by atoms with Gasteiger partial charge in [0.25, 0.3) is 0 Å². The normalized spacial score (nSPS) is 20.7. The van der Waals surface area contributed by atoms with Crippen LogP contribution in [-0.2, 0) is 9.59 Å². The second-order valence-electron chi connectivity index (χ2n) is 8.54. The van der Waals surface area contributed by atoms with E-state index >= 15 is 0 Å². The highest BCUT2D eigenvalue weighted by Crippen LogP contribution is 2.30. The van der Waals surface area contributed by atoms with Gasteiger partial charge in [-0.15, -0.1) is 0 Å². The Hall–Kier alpha value is -3.74. The van der Waals surface area contributed by atoms with Crippen LogP contribution in [0.3, 0.4) is 0 Å². The number of anilines is 1. The number of allylic oxidation sites excluding steroid dienone is 2. The van der Waals surface area contributed by atoms with Gasteiger partial charge < -0.3 is 19.7 Å². The SMILES string of the molecule is O=C([O-])[C@@H]1CC=CC[C@H]1C(=O)N1CCN(c2nc(-c3ccccc3)c3ccccc3n2)CC1. The minimum atomic E-state index is -1.14. The molecule has 1 fully saturated rings. The average molecular weight is 442 g/mol. The summed E-state index contributed by atoms with van der Waals surface area (Å²) in [6, 6.07) is 18.0. The molecule has 7 nitrogen and oxygen atoms in total. The molecule has 7 heteroatoms. The zero-order valence-electron chi connectivity index (χ0n) is 18.3. The summed E-state index contributed by atoms with van der Waals surface area (Å²) in [5.41, 5.74) is 2.80. The number of para-hydroxylation sites is 1. The number of nitrogens with zero attached hydrogens (tertiary/aromatic N) is 4. The lowest BCUT2D eigenvalue weighted by molar-refractivity contribution is -0.313. The van der Waals surface area contributed by atoms with E-state index in [2.05, 4.69) is 4.90 Å². The second-order valence-corrected chi connectivity index (χ2v) is 8.54. The van der Waals surface area contributed by atoms with Crippen molar-refractivity contribution in [1.29, 1.82) is 0 Å². The predicted molar refractivity (Wildman–Crippen MR) is 124 cm³/mol. The van der Waals surface area contributed by atoms with Crippen molar-refractivity contribution in [3.8, 4) is 11.3 Å². The third-order valence-electron chi connectivity index (χ3n) is 6.57. The molecule has 5 rings (SSSR count). The average Bonchev–Trinajstić information content (AvgIpc) is 2.88. The molecular weight excluding hydrogens is 416 g/mol. The summed E-state index contributed by atoms with van der Waals surface area (Å²) in [5, 5.41) is 12.5. The predicted octanol–water partition coefficient (Wildman–Crippen LogP) is 2.28. The van der Waals surface area contributed by atoms with Crippen LogP contribution in [0.5, 0.6) is 0 Å². The first kappa shape index (κ1) is 21.1. The Morgan fingerprint density at radius 1 is 0.818 bits per heavy atom. The first-order chi connectivity index (χ1) is 16.1. The lowest BCUT2D eigenvalue weighted by atomic mass is 9.82. The highest BCUT2D eigenvalue weighted by Gasteiger charge is 2.34. The molecule has 0 unspecified atom stereocenters. The van der Waals surface area contributed by atoms with Gasteiger partial charge >= 0.3 is 0 Å². The highest BCUT2D eigenvalue weighted by atomic mass is 16.4. The molecule has 1 amide bonds. The summed E-state index contributed by atoms with van der Waals surface area (Å²) in [4.78, 5) is 38.2. The van der Waals surface area contributed by atoms with Gasteiger partial charge in [-0.3, -0.25) is 4.79 Å². The fourth-order valence-corrected chi connectivity index (χ4v) is 4.73. The molecule has 1 aromatic heterocycles. The number of carbonyl (C=O) groups is 2. The molecule has 0 bridgehead atoms. The third-order valence-corrected chi connectivity index (χ3v) is 6.57. The topological polar surface area (TPSA) is 89.5 Å². The minimum absolute atomic E-state index is 0.0994. The molecule has 1 saturated heterocycles. The minimum Gasteiger partial charge on any atom is -0.550 e. The van der Waals surface area contributed by atoms with Crippen molar-refractivity contribution in [2.75, 3.05) is 31.1 Å². The van der Waals surface area contributed by atoms with E-state index in [0.717, 1.165) is 22.2 Å². The molecule has 0 radical (unpaired) electrons. The lowest BCUT2D eigenvalue weighted by Crippen LogP contribution is -2.53. The first-order valence-corrected chi connectivity index (χ1v) is 11.3. The van der Waals surface area contributed by atoms with Gasteiger partial charge in [0, 0.05) is 54.9 Å². The van der Waals surface area contributed by atoms with Crippen molar-refractivity contribution in [2.24, 2.45) is 11.8 Å². The number of carboxylic acid groups (broad SMARTS) is 1. The van der Waals surface area contributed by atoms with Gasteiger partial charge in [0.1, 0.15) is 0 Å². The molecule has 2 heterocycles. The Morgan fingerprint density at radius 2 is 1.48 bits per heavy atom. The molecule has 2 aliphatic rings. The number of benzene rings is 2. The van der Waals surface area contributed by atoms with E-state index in [1.165, 1.54) is 0 Å². The standard InChI is InChI=1S/C26H26N4O3/c31-24(19-10-4-5-11-20(19)25(32)33)29-14-16-30(17-15-29)26-27-22-13-7-6-12-21(22)23(28-26)18-8-2-1-3-9-18/h1-9,12-13,19-20H,10-11,14-17H2,(H,32,33)/p-1/t19-,20-/m1/s1. The van der Waals surface area contributed by atoms with Gasteiger partial charge in [-0.25, -0.2) is 9.97 Å². The summed E-state index contributed by atoms with van der Waals surface area (Å²) in [6.45, 7) is 2.21. The van der Waals surface area contributed by atoms with Crippen LogP contribution >= 0.6 is 0 Å². The van der Waals surface area contributed by atoms with Crippen molar-refractivity contribution in [1.82, 2.24) is 14.9 Å². The van der Waals surface area contributed by atoms with Gasteiger partial charge in [-0.05, 0) is 18.9 Å².